The molecule has 0 aromatic carbocycles. The molecule has 0 spiro atoms. The number of hydrogen-bond acceptors (Lipinski definition) is 5. The van der Waals surface area contributed by atoms with Gasteiger partial charge in [0.1, 0.15) is 12.7 Å². The Labute approximate surface area is 120 Å². The number of thiophene rings is 1. The van der Waals surface area contributed by atoms with Crippen LogP contribution >= 0.6 is 27.3 Å². The summed E-state index contributed by atoms with van der Waals surface area (Å²) < 4.78 is 3.95. The third kappa shape index (κ3) is 2.64. The van der Waals surface area contributed by atoms with Crippen LogP contribution in [-0.4, -0.2) is 24.5 Å². The van der Waals surface area contributed by atoms with Gasteiger partial charge in [0.2, 0.25) is 0 Å². The van der Waals surface area contributed by atoms with Crippen LogP contribution in [0.25, 0.3) is 5.82 Å². The van der Waals surface area contributed by atoms with E-state index in [0.717, 1.165) is 9.35 Å². The number of aromatic nitrogens is 5. The largest absolute Gasteiger partial charge is 0.268 e. The smallest absolute Gasteiger partial charge is 0.267 e. The Kier molecular flexibility index (Phi) is 3.26. The highest BCUT2D eigenvalue weighted by Crippen LogP contribution is 2.20. The fraction of sp³-hybridized carbons (Fsp3) is 0.0909. The Hall–Kier alpha value is -1.80. The molecule has 0 N–H and O–H groups in total. The van der Waals surface area contributed by atoms with Gasteiger partial charge in [-0.15, -0.1) is 16.4 Å². The maximum atomic E-state index is 11.8. The molecule has 0 amide bonds. The molecule has 0 bridgehead atoms. The highest BCUT2D eigenvalue weighted by Gasteiger charge is 2.05. The van der Waals surface area contributed by atoms with Crippen molar-refractivity contribution in [2.75, 3.05) is 0 Å². The summed E-state index contributed by atoms with van der Waals surface area (Å²) in [5.74, 6) is 0.561. The Morgan fingerprint density at radius 1 is 1.37 bits per heavy atom. The van der Waals surface area contributed by atoms with Gasteiger partial charge in [0.05, 0.1) is 10.3 Å². The first-order valence-electron chi connectivity index (χ1n) is 5.38. The van der Waals surface area contributed by atoms with Gasteiger partial charge in [0, 0.05) is 6.07 Å². The van der Waals surface area contributed by atoms with Gasteiger partial charge in [-0.05, 0) is 39.0 Å². The average Bonchev–Trinajstić information content (AvgIpc) is 3.04. The van der Waals surface area contributed by atoms with Crippen LogP contribution in [0.1, 0.15) is 5.56 Å². The summed E-state index contributed by atoms with van der Waals surface area (Å²) in [6.07, 6.45) is 2.96. The van der Waals surface area contributed by atoms with E-state index < -0.39 is 0 Å². The van der Waals surface area contributed by atoms with Gasteiger partial charge < -0.3 is 0 Å². The van der Waals surface area contributed by atoms with E-state index in [1.807, 2.05) is 11.4 Å². The molecule has 3 rings (SSSR count). The zero-order valence-corrected chi connectivity index (χ0v) is 12.0. The molecule has 0 atom stereocenters. The SMILES string of the molecule is O=c1ccc(-n2cncn2)nn1Cc1csc(Br)c1. The van der Waals surface area contributed by atoms with E-state index in [0.29, 0.717) is 12.4 Å². The second kappa shape index (κ2) is 5.06. The van der Waals surface area contributed by atoms with Gasteiger partial charge in [0.15, 0.2) is 5.82 Å². The monoisotopic (exact) mass is 337 g/mol. The van der Waals surface area contributed by atoms with Crippen LogP contribution in [0.4, 0.5) is 0 Å². The molecule has 3 heterocycles. The van der Waals surface area contributed by atoms with Crippen LogP contribution in [0.3, 0.4) is 0 Å². The van der Waals surface area contributed by atoms with E-state index in [2.05, 4.69) is 31.1 Å². The summed E-state index contributed by atoms with van der Waals surface area (Å²) in [6, 6.07) is 5.07. The van der Waals surface area contributed by atoms with Crippen molar-refractivity contribution in [1.29, 1.82) is 0 Å². The minimum absolute atomic E-state index is 0.147. The van der Waals surface area contributed by atoms with Crippen LogP contribution in [0, 0.1) is 0 Å². The lowest BCUT2D eigenvalue weighted by Gasteiger charge is -2.05. The maximum Gasteiger partial charge on any atom is 0.267 e. The fourth-order valence-corrected chi connectivity index (χ4v) is 2.80. The first kappa shape index (κ1) is 12.2. The molecule has 0 fully saturated rings. The van der Waals surface area contributed by atoms with Crippen molar-refractivity contribution in [2.24, 2.45) is 0 Å². The van der Waals surface area contributed by atoms with E-state index in [-0.39, 0.29) is 5.56 Å². The lowest BCUT2D eigenvalue weighted by atomic mass is 10.3. The van der Waals surface area contributed by atoms with Crippen molar-refractivity contribution in [2.45, 2.75) is 6.54 Å². The number of halogens is 1. The highest BCUT2D eigenvalue weighted by molar-refractivity contribution is 9.11. The van der Waals surface area contributed by atoms with Gasteiger partial charge in [-0.25, -0.2) is 14.3 Å². The van der Waals surface area contributed by atoms with Crippen molar-refractivity contribution in [1.82, 2.24) is 24.5 Å². The van der Waals surface area contributed by atoms with Crippen molar-refractivity contribution >= 4 is 27.3 Å². The summed E-state index contributed by atoms with van der Waals surface area (Å²) in [4.78, 5) is 15.7. The van der Waals surface area contributed by atoms with Crippen LogP contribution in [-0.2, 0) is 6.54 Å². The standard InChI is InChI=1S/C11H8BrN5OS/c12-9-3-8(5-19-9)4-16-11(18)2-1-10(15-16)17-7-13-6-14-17/h1-3,5-7H,4H2. The van der Waals surface area contributed by atoms with Crippen LogP contribution in [0.5, 0.6) is 0 Å². The molecule has 8 heteroatoms. The molecule has 19 heavy (non-hydrogen) atoms. The number of rotatable bonds is 3. The van der Waals surface area contributed by atoms with Crippen molar-refractivity contribution in [3.8, 4) is 5.82 Å². The topological polar surface area (TPSA) is 65.6 Å². The Morgan fingerprint density at radius 3 is 2.95 bits per heavy atom. The zero-order valence-electron chi connectivity index (χ0n) is 9.60. The fourth-order valence-electron chi connectivity index (χ4n) is 1.60. The van der Waals surface area contributed by atoms with E-state index in [9.17, 15) is 4.79 Å². The Morgan fingerprint density at radius 2 is 2.26 bits per heavy atom. The predicted molar refractivity (Wildman–Crippen MR) is 74.5 cm³/mol. The third-order valence-electron chi connectivity index (χ3n) is 2.46. The number of nitrogens with zero attached hydrogens (tertiary/aromatic N) is 5. The van der Waals surface area contributed by atoms with Gasteiger partial charge in [-0.1, -0.05) is 0 Å². The van der Waals surface area contributed by atoms with Crippen LogP contribution in [0.2, 0.25) is 0 Å². The van der Waals surface area contributed by atoms with Gasteiger partial charge in [0.25, 0.3) is 5.56 Å². The van der Waals surface area contributed by atoms with E-state index >= 15 is 0 Å². The Balaban J connectivity index is 1.97. The summed E-state index contributed by atoms with van der Waals surface area (Å²) in [5, 5.41) is 10.3. The highest BCUT2D eigenvalue weighted by atomic mass is 79.9. The summed E-state index contributed by atoms with van der Waals surface area (Å²) in [5.41, 5.74) is 0.883. The maximum absolute atomic E-state index is 11.8. The van der Waals surface area contributed by atoms with E-state index in [1.165, 1.54) is 21.8 Å². The summed E-state index contributed by atoms with van der Waals surface area (Å²) in [6.45, 7) is 0.434. The van der Waals surface area contributed by atoms with E-state index in [4.69, 9.17) is 0 Å². The minimum atomic E-state index is -0.147. The van der Waals surface area contributed by atoms with Gasteiger partial charge >= 0.3 is 0 Å². The molecule has 6 nitrogen and oxygen atoms in total. The number of hydrogen-bond donors (Lipinski definition) is 0. The van der Waals surface area contributed by atoms with Gasteiger partial charge in [-0.3, -0.25) is 4.79 Å². The lowest BCUT2D eigenvalue weighted by molar-refractivity contribution is 0.619. The Bertz CT molecular complexity index is 749. The molecular weight excluding hydrogens is 330 g/mol. The molecule has 96 valence electrons. The van der Waals surface area contributed by atoms with Crippen LogP contribution < -0.4 is 5.56 Å². The molecule has 0 aliphatic carbocycles. The van der Waals surface area contributed by atoms with E-state index in [1.54, 1.807) is 23.7 Å². The van der Waals surface area contributed by atoms with Crippen molar-refractivity contribution in [3.63, 3.8) is 0 Å². The second-order valence-electron chi connectivity index (χ2n) is 3.79. The first-order valence-corrected chi connectivity index (χ1v) is 7.06. The normalized spacial score (nSPS) is 10.8. The molecule has 0 unspecified atom stereocenters. The molecular formula is C11H8BrN5OS. The second-order valence-corrected chi connectivity index (χ2v) is 6.08. The summed E-state index contributed by atoms with van der Waals surface area (Å²) >= 11 is 4.98. The van der Waals surface area contributed by atoms with Crippen molar-refractivity contribution < 1.29 is 0 Å². The third-order valence-corrected chi connectivity index (χ3v) is 4.01. The minimum Gasteiger partial charge on any atom is -0.268 e. The first-order chi connectivity index (χ1) is 9.22. The lowest BCUT2D eigenvalue weighted by Crippen LogP contribution is -2.23. The molecule has 0 radical (unpaired) electrons. The van der Waals surface area contributed by atoms with Gasteiger partial charge in [-0.2, -0.15) is 5.10 Å². The zero-order chi connectivity index (χ0) is 13.2. The molecule has 0 aliphatic heterocycles. The molecule has 0 aliphatic rings. The molecule has 3 aromatic rings. The average molecular weight is 338 g/mol. The van der Waals surface area contributed by atoms with Crippen molar-refractivity contribution in [3.05, 3.63) is 55.9 Å². The molecule has 3 aromatic heterocycles. The van der Waals surface area contributed by atoms with Crippen LogP contribution in [0.15, 0.2) is 44.8 Å². The summed E-state index contributed by atoms with van der Waals surface area (Å²) in [7, 11) is 0. The molecule has 0 saturated carbocycles. The quantitative estimate of drug-likeness (QED) is 0.729. The predicted octanol–water partition coefficient (Wildman–Crippen LogP) is 1.70. The molecule has 0 saturated heterocycles.